The Morgan fingerprint density at radius 2 is 1.83 bits per heavy atom. The Balaban J connectivity index is 2.60. The summed E-state index contributed by atoms with van der Waals surface area (Å²) in [5.41, 5.74) is 0.641. The van der Waals surface area contributed by atoms with Gasteiger partial charge in [0.15, 0.2) is 0 Å². The first-order valence-electron chi connectivity index (χ1n) is 5.66. The molecule has 18 heavy (non-hydrogen) atoms. The van der Waals surface area contributed by atoms with Gasteiger partial charge in [0.05, 0.1) is 6.42 Å². The van der Waals surface area contributed by atoms with E-state index in [1.165, 1.54) is 24.3 Å². The van der Waals surface area contributed by atoms with Crippen LogP contribution in [0.1, 0.15) is 19.4 Å². The van der Waals surface area contributed by atoms with Crippen LogP contribution in [0.4, 0.5) is 4.39 Å². The average Bonchev–Trinajstić information content (AvgIpc) is 2.28. The number of carboxylic acid groups (broad SMARTS) is 1. The number of rotatable bonds is 5. The molecule has 1 amide bonds. The fourth-order valence-electron chi connectivity index (χ4n) is 1.53. The average molecular weight is 253 g/mol. The van der Waals surface area contributed by atoms with E-state index in [2.05, 4.69) is 5.32 Å². The van der Waals surface area contributed by atoms with Crippen molar-refractivity contribution in [1.82, 2.24) is 5.32 Å². The Morgan fingerprint density at radius 1 is 1.28 bits per heavy atom. The maximum atomic E-state index is 12.7. The number of carboxylic acids is 1. The second-order valence-electron chi connectivity index (χ2n) is 4.43. The summed E-state index contributed by atoms with van der Waals surface area (Å²) in [5.74, 6) is -2.01. The maximum Gasteiger partial charge on any atom is 0.326 e. The van der Waals surface area contributed by atoms with E-state index in [1.807, 2.05) is 0 Å². The van der Waals surface area contributed by atoms with Gasteiger partial charge < -0.3 is 10.4 Å². The lowest BCUT2D eigenvalue weighted by Crippen LogP contribution is -2.44. The zero-order chi connectivity index (χ0) is 13.7. The van der Waals surface area contributed by atoms with Crippen molar-refractivity contribution in [2.45, 2.75) is 26.3 Å². The van der Waals surface area contributed by atoms with Crippen LogP contribution in [0.15, 0.2) is 24.3 Å². The largest absolute Gasteiger partial charge is 0.480 e. The highest BCUT2D eigenvalue weighted by Gasteiger charge is 2.23. The maximum absolute atomic E-state index is 12.7. The minimum Gasteiger partial charge on any atom is -0.480 e. The van der Waals surface area contributed by atoms with Gasteiger partial charge in [-0.05, 0) is 23.6 Å². The lowest BCUT2D eigenvalue weighted by molar-refractivity contribution is -0.143. The lowest BCUT2D eigenvalue weighted by atomic mass is 10.0. The van der Waals surface area contributed by atoms with Gasteiger partial charge in [0.1, 0.15) is 11.9 Å². The number of carbonyl (C=O) groups excluding carboxylic acids is 1. The van der Waals surface area contributed by atoms with Crippen molar-refractivity contribution in [3.8, 4) is 0 Å². The van der Waals surface area contributed by atoms with Crippen LogP contribution < -0.4 is 5.32 Å². The molecule has 0 bridgehead atoms. The van der Waals surface area contributed by atoms with Crippen LogP contribution in [-0.2, 0) is 16.0 Å². The van der Waals surface area contributed by atoms with Gasteiger partial charge in [-0.1, -0.05) is 26.0 Å². The van der Waals surface area contributed by atoms with Crippen molar-refractivity contribution in [1.29, 1.82) is 0 Å². The molecule has 1 aromatic rings. The molecule has 0 aliphatic carbocycles. The minimum absolute atomic E-state index is 0.0385. The van der Waals surface area contributed by atoms with Crippen molar-refractivity contribution < 1.29 is 19.1 Å². The predicted octanol–water partition coefficient (Wildman–Crippen LogP) is 1.59. The van der Waals surface area contributed by atoms with Crippen molar-refractivity contribution >= 4 is 11.9 Å². The van der Waals surface area contributed by atoms with E-state index in [0.717, 1.165) is 0 Å². The fourth-order valence-corrected chi connectivity index (χ4v) is 1.53. The SMILES string of the molecule is CC(C)C(NC(=O)Cc1ccc(F)cc1)C(=O)O. The zero-order valence-electron chi connectivity index (χ0n) is 10.3. The van der Waals surface area contributed by atoms with E-state index >= 15 is 0 Å². The second-order valence-corrected chi connectivity index (χ2v) is 4.43. The molecule has 2 N–H and O–H groups in total. The highest BCUT2D eigenvalue weighted by Crippen LogP contribution is 2.05. The fraction of sp³-hybridized carbons (Fsp3) is 0.385. The third kappa shape index (κ3) is 4.16. The first kappa shape index (κ1) is 14.2. The van der Waals surface area contributed by atoms with Crippen molar-refractivity contribution in [3.63, 3.8) is 0 Å². The van der Waals surface area contributed by atoms with Crippen LogP contribution in [0, 0.1) is 11.7 Å². The molecule has 0 aliphatic rings. The Kier molecular flexibility index (Phi) is 4.83. The van der Waals surface area contributed by atoms with E-state index < -0.39 is 12.0 Å². The zero-order valence-corrected chi connectivity index (χ0v) is 10.3. The number of amides is 1. The highest BCUT2D eigenvalue weighted by molar-refractivity contribution is 5.84. The third-order valence-corrected chi connectivity index (χ3v) is 2.53. The molecule has 1 unspecified atom stereocenters. The molecule has 1 rings (SSSR count). The molecule has 0 aromatic heterocycles. The van der Waals surface area contributed by atoms with Gasteiger partial charge in [-0.2, -0.15) is 0 Å². The van der Waals surface area contributed by atoms with E-state index in [-0.39, 0.29) is 24.1 Å². The molecule has 5 heteroatoms. The number of hydrogen-bond donors (Lipinski definition) is 2. The van der Waals surface area contributed by atoms with Gasteiger partial charge >= 0.3 is 5.97 Å². The Hall–Kier alpha value is -1.91. The first-order valence-corrected chi connectivity index (χ1v) is 5.66. The quantitative estimate of drug-likeness (QED) is 0.837. The predicted molar refractivity (Wildman–Crippen MR) is 64.5 cm³/mol. The number of hydrogen-bond acceptors (Lipinski definition) is 2. The summed E-state index contributed by atoms with van der Waals surface area (Å²) in [6, 6.07) is 4.62. The number of nitrogens with one attached hydrogen (secondary N) is 1. The summed E-state index contributed by atoms with van der Waals surface area (Å²) in [5, 5.41) is 11.4. The van der Waals surface area contributed by atoms with Gasteiger partial charge in [0, 0.05) is 0 Å². The number of benzene rings is 1. The highest BCUT2D eigenvalue weighted by atomic mass is 19.1. The summed E-state index contributed by atoms with van der Waals surface area (Å²) < 4.78 is 12.7. The molecule has 4 nitrogen and oxygen atoms in total. The van der Waals surface area contributed by atoms with E-state index in [1.54, 1.807) is 13.8 Å². The van der Waals surface area contributed by atoms with E-state index in [0.29, 0.717) is 5.56 Å². The van der Waals surface area contributed by atoms with Crippen LogP contribution in [-0.4, -0.2) is 23.0 Å². The minimum atomic E-state index is -1.06. The number of halogens is 1. The molecule has 0 spiro atoms. The van der Waals surface area contributed by atoms with E-state index in [9.17, 15) is 14.0 Å². The summed E-state index contributed by atoms with van der Waals surface area (Å²) >= 11 is 0. The van der Waals surface area contributed by atoms with Gasteiger partial charge in [0.2, 0.25) is 5.91 Å². The number of aliphatic carboxylic acids is 1. The molecule has 0 aliphatic heterocycles. The lowest BCUT2D eigenvalue weighted by Gasteiger charge is -2.17. The van der Waals surface area contributed by atoms with Crippen molar-refractivity contribution in [2.75, 3.05) is 0 Å². The molecule has 0 fully saturated rings. The Labute approximate surface area is 105 Å². The van der Waals surface area contributed by atoms with Crippen molar-refractivity contribution in [2.24, 2.45) is 5.92 Å². The molecule has 0 radical (unpaired) electrons. The second kappa shape index (κ2) is 6.14. The Bertz CT molecular complexity index is 428. The normalized spacial score (nSPS) is 12.2. The molecular formula is C13H16FNO3. The van der Waals surface area contributed by atoms with Crippen LogP contribution in [0.3, 0.4) is 0 Å². The smallest absolute Gasteiger partial charge is 0.326 e. The standard InChI is InChI=1S/C13H16FNO3/c1-8(2)12(13(17)18)15-11(16)7-9-3-5-10(14)6-4-9/h3-6,8,12H,7H2,1-2H3,(H,15,16)(H,17,18). The molecule has 98 valence electrons. The summed E-state index contributed by atoms with van der Waals surface area (Å²) in [4.78, 5) is 22.6. The van der Waals surface area contributed by atoms with Crippen LogP contribution in [0.5, 0.6) is 0 Å². The number of carbonyl (C=O) groups is 2. The molecule has 0 heterocycles. The first-order chi connectivity index (χ1) is 8.40. The summed E-state index contributed by atoms with van der Waals surface area (Å²) in [7, 11) is 0. The third-order valence-electron chi connectivity index (χ3n) is 2.53. The van der Waals surface area contributed by atoms with E-state index in [4.69, 9.17) is 5.11 Å². The molecule has 1 atom stereocenters. The summed E-state index contributed by atoms with van der Waals surface area (Å²) in [6.45, 7) is 3.44. The molecule has 0 saturated carbocycles. The molecule has 1 aromatic carbocycles. The van der Waals surface area contributed by atoms with Crippen LogP contribution >= 0.6 is 0 Å². The topological polar surface area (TPSA) is 66.4 Å². The van der Waals surface area contributed by atoms with Gasteiger partial charge in [-0.15, -0.1) is 0 Å². The van der Waals surface area contributed by atoms with Crippen LogP contribution in [0.25, 0.3) is 0 Å². The summed E-state index contributed by atoms with van der Waals surface area (Å²) in [6.07, 6.45) is 0.0385. The molecule has 0 saturated heterocycles. The van der Waals surface area contributed by atoms with Crippen LogP contribution in [0.2, 0.25) is 0 Å². The van der Waals surface area contributed by atoms with Crippen molar-refractivity contribution in [3.05, 3.63) is 35.6 Å². The Morgan fingerprint density at radius 3 is 2.28 bits per heavy atom. The molecular weight excluding hydrogens is 237 g/mol. The van der Waals surface area contributed by atoms with Gasteiger partial charge in [-0.25, -0.2) is 9.18 Å². The monoisotopic (exact) mass is 253 g/mol. The van der Waals surface area contributed by atoms with Gasteiger partial charge in [0.25, 0.3) is 0 Å². The van der Waals surface area contributed by atoms with Gasteiger partial charge in [-0.3, -0.25) is 4.79 Å².